The van der Waals surface area contributed by atoms with Gasteiger partial charge in [0.25, 0.3) is 5.91 Å². The third-order valence-corrected chi connectivity index (χ3v) is 5.58. The summed E-state index contributed by atoms with van der Waals surface area (Å²) in [6.07, 6.45) is 1.45. The first-order chi connectivity index (χ1) is 10.5. The van der Waals surface area contributed by atoms with Crippen LogP contribution in [0.5, 0.6) is 0 Å². The molecular formula is C14H14ClN3O3S. The summed E-state index contributed by atoms with van der Waals surface area (Å²) in [4.78, 5) is 14.1. The molecule has 1 aliphatic heterocycles. The Bertz CT molecular complexity index is 802. The topological polar surface area (TPSA) is 83.1 Å². The summed E-state index contributed by atoms with van der Waals surface area (Å²) in [5.74, 6) is -0.241. The molecule has 1 aromatic heterocycles. The molecule has 0 saturated carbocycles. The predicted molar refractivity (Wildman–Crippen MR) is 83.6 cm³/mol. The third kappa shape index (κ3) is 2.86. The Labute approximate surface area is 133 Å². The second-order valence-electron chi connectivity index (χ2n) is 5.08. The molecule has 3 rings (SSSR count). The van der Waals surface area contributed by atoms with Crippen molar-refractivity contribution in [2.24, 2.45) is 0 Å². The molecule has 1 fully saturated rings. The van der Waals surface area contributed by atoms with Crippen molar-refractivity contribution in [1.82, 2.24) is 15.1 Å². The van der Waals surface area contributed by atoms with E-state index in [-0.39, 0.29) is 30.5 Å². The van der Waals surface area contributed by atoms with E-state index in [4.69, 9.17) is 11.6 Å². The lowest BCUT2D eigenvalue weighted by molar-refractivity contribution is 0.0771. The van der Waals surface area contributed by atoms with Crippen molar-refractivity contribution in [2.45, 2.75) is 0 Å². The van der Waals surface area contributed by atoms with Gasteiger partial charge in [0.2, 0.25) is 0 Å². The van der Waals surface area contributed by atoms with Crippen LogP contribution < -0.4 is 0 Å². The van der Waals surface area contributed by atoms with Crippen LogP contribution in [0.3, 0.4) is 0 Å². The molecule has 0 aliphatic carbocycles. The minimum absolute atomic E-state index is 0.00197. The zero-order valence-corrected chi connectivity index (χ0v) is 13.2. The number of nitrogens with one attached hydrogen (secondary N) is 1. The van der Waals surface area contributed by atoms with Gasteiger partial charge >= 0.3 is 0 Å². The SMILES string of the molecule is O=C(c1cn[nH]c1-c1ccccc1Cl)N1CCS(=O)(=O)CC1. The van der Waals surface area contributed by atoms with Gasteiger partial charge in [-0.1, -0.05) is 29.8 Å². The van der Waals surface area contributed by atoms with Gasteiger partial charge in [-0.3, -0.25) is 9.89 Å². The smallest absolute Gasteiger partial charge is 0.257 e. The van der Waals surface area contributed by atoms with Crippen LogP contribution >= 0.6 is 11.6 Å². The van der Waals surface area contributed by atoms with Crippen LogP contribution in [-0.2, 0) is 9.84 Å². The number of H-pyrrole nitrogens is 1. The number of rotatable bonds is 2. The quantitative estimate of drug-likeness (QED) is 0.900. The molecule has 8 heteroatoms. The Kier molecular flexibility index (Phi) is 3.92. The maximum absolute atomic E-state index is 12.6. The summed E-state index contributed by atoms with van der Waals surface area (Å²) >= 11 is 6.16. The van der Waals surface area contributed by atoms with E-state index in [1.165, 1.54) is 11.1 Å². The first-order valence-corrected chi connectivity index (χ1v) is 8.96. The van der Waals surface area contributed by atoms with Crippen molar-refractivity contribution in [1.29, 1.82) is 0 Å². The van der Waals surface area contributed by atoms with Crippen molar-refractivity contribution in [3.05, 3.63) is 41.0 Å². The van der Waals surface area contributed by atoms with Crippen molar-refractivity contribution in [2.75, 3.05) is 24.6 Å². The third-order valence-electron chi connectivity index (χ3n) is 3.64. The average Bonchev–Trinajstić information content (AvgIpc) is 2.96. The Morgan fingerprint density at radius 1 is 1.23 bits per heavy atom. The Morgan fingerprint density at radius 2 is 1.91 bits per heavy atom. The molecule has 2 heterocycles. The lowest BCUT2D eigenvalue weighted by atomic mass is 10.1. The average molecular weight is 340 g/mol. The maximum Gasteiger partial charge on any atom is 0.257 e. The number of aromatic nitrogens is 2. The summed E-state index contributed by atoms with van der Waals surface area (Å²) in [7, 11) is -3.03. The monoisotopic (exact) mass is 339 g/mol. The first kappa shape index (κ1) is 15.1. The largest absolute Gasteiger partial charge is 0.336 e. The zero-order chi connectivity index (χ0) is 15.7. The highest BCUT2D eigenvalue weighted by atomic mass is 35.5. The second kappa shape index (κ2) is 5.73. The molecule has 1 amide bonds. The van der Waals surface area contributed by atoms with Crippen LogP contribution in [0.2, 0.25) is 5.02 Å². The Hall–Kier alpha value is -1.86. The van der Waals surface area contributed by atoms with Gasteiger partial charge in [0.1, 0.15) is 0 Å². The lowest BCUT2D eigenvalue weighted by Gasteiger charge is -2.26. The van der Waals surface area contributed by atoms with Gasteiger partial charge in [-0.05, 0) is 6.07 Å². The van der Waals surface area contributed by atoms with Gasteiger partial charge in [0.05, 0.1) is 29.0 Å². The molecule has 6 nitrogen and oxygen atoms in total. The summed E-state index contributed by atoms with van der Waals surface area (Å²) < 4.78 is 22.9. The Balaban J connectivity index is 1.89. The molecule has 1 aliphatic rings. The lowest BCUT2D eigenvalue weighted by Crippen LogP contribution is -2.43. The minimum atomic E-state index is -3.03. The number of halogens is 1. The van der Waals surface area contributed by atoms with E-state index < -0.39 is 9.84 Å². The fourth-order valence-electron chi connectivity index (χ4n) is 2.40. The van der Waals surface area contributed by atoms with E-state index >= 15 is 0 Å². The molecule has 0 radical (unpaired) electrons. The second-order valence-corrected chi connectivity index (χ2v) is 7.79. The molecule has 1 saturated heterocycles. The molecule has 0 spiro atoms. The Morgan fingerprint density at radius 3 is 2.59 bits per heavy atom. The van der Waals surface area contributed by atoms with E-state index in [9.17, 15) is 13.2 Å². The van der Waals surface area contributed by atoms with Gasteiger partial charge in [0.15, 0.2) is 9.84 Å². The summed E-state index contributed by atoms with van der Waals surface area (Å²) in [6, 6.07) is 7.16. The van der Waals surface area contributed by atoms with E-state index in [0.717, 1.165) is 0 Å². The van der Waals surface area contributed by atoms with Crippen molar-refractivity contribution in [3.8, 4) is 11.3 Å². The van der Waals surface area contributed by atoms with Crippen molar-refractivity contribution < 1.29 is 13.2 Å². The van der Waals surface area contributed by atoms with Crippen molar-refractivity contribution in [3.63, 3.8) is 0 Å². The number of amides is 1. The molecule has 116 valence electrons. The highest BCUT2D eigenvalue weighted by Gasteiger charge is 2.28. The number of nitrogens with zero attached hydrogens (tertiary/aromatic N) is 2. The minimum Gasteiger partial charge on any atom is -0.336 e. The van der Waals surface area contributed by atoms with E-state index in [2.05, 4.69) is 10.2 Å². The van der Waals surface area contributed by atoms with Gasteiger partial charge in [0, 0.05) is 23.7 Å². The van der Waals surface area contributed by atoms with Crippen molar-refractivity contribution >= 4 is 27.3 Å². The number of sulfone groups is 1. The van der Waals surface area contributed by atoms with Gasteiger partial charge in [-0.25, -0.2) is 8.42 Å². The molecule has 2 aromatic rings. The zero-order valence-electron chi connectivity index (χ0n) is 11.6. The number of hydrogen-bond acceptors (Lipinski definition) is 4. The molecule has 22 heavy (non-hydrogen) atoms. The van der Waals surface area contributed by atoms with Crippen LogP contribution in [0.1, 0.15) is 10.4 Å². The molecule has 0 atom stereocenters. The number of carbonyl (C=O) groups excluding carboxylic acids is 1. The van der Waals surface area contributed by atoms with Crippen LogP contribution in [0.4, 0.5) is 0 Å². The molecule has 0 bridgehead atoms. The van der Waals surface area contributed by atoms with Gasteiger partial charge in [-0.2, -0.15) is 5.10 Å². The first-order valence-electron chi connectivity index (χ1n) is 6.76. The number of aromatic amines is 1. The summed E-state index contributed by atoms with van der Waals surface area (Å²) in [5.41, 5.74) is 1.63. The highest BCUT2D eigenvalue weighted by molar-refractivity contribution is 7.91. The maximum atomic E-state index is 12.6. The van der Waals surface area contributed by atoms with Crippen LogP contribution in [0, 0.1) is 0 Å². The molecule has 0 unspecified atom stereocenters. The fraction of sp³-hybridized carbons (Fsp3) is 0.286. The molecule has 1 N–H and O–H groups in total. The van der Waals surface area contributed by atoms with Crippen LogP contribution in [0.25, 0.3) is 11.3 Å². The molecule has 1 aromatic carbocycles. The fourth-order valence-corrected chi connectivity index (χ4v) is 3.83. The number of hydrogen-bond donors (Lipinski definition) is 1. The summed E-state index contributed by atoms with van der Waals surface area (Å²) in [5, 5.41) is 7.25. The normalized spacial score (nSPS) is 17.4. The van der Waals surface area contributed by atoms with Gasteiger partial charge in [-0.15, -0.1) is 0 Å². The summed E-state index contributed by atoms with van der Waals surface area (Å²) in [6.45, 7) is 0.405. The standard InChI is InChI=1S/C14H14ClN3O3S/c15-12-4-2-1-3-10(12)13-11(9-16-17-13)14(19)18-5-7-22(20,21)8-6-18/h1-4,9H,5-8H2,(H,16,17). The highest BCUT2D eigenvalue weighted by Crippen LogP contribution is 2.29. The van der Waals surface area contributed by atoms with E-state index in [1.807, 2.05) is 6.07 Å². The van der Waals surface area contributed by atoms with Gasteiger partial charge < -0.3 is 4.90 Å². The van der Waals surface area contributed by atoms with Crippen LogP contribution in [-0.4, -0.2) is 54.0 Å². The molecular weight excluding hydrogens is 326 g/mol. The van der Waals surface area contributed by atoms with E-state index in [0.29, 0.717) is 21.8 Å². The van der Waals surface area contributed by atoms with Crippen LogP contribution in [0.15, 0.2) is 30.5 Å². The number of carbonyl (C=O) groups is 1. The van der Waals surface area contributed by atoms with E-state index in [1.54, 1.807) is 18.2 Å². The predicted octanol–water partition coefficient (Wildman–Crippen LogP) is 1.60. The number of benzene rings is 1.